The summed E-state index contributed by atoms with van der Waals surface area (Å²) in [4.78, 5) is 42.4. The Morgan fingerprint density at radius 1 is 0.981 bits per heavy atom. The van der Waals surface area contributed by atoms with E-state index in [2.05, 4.69) is 60.1 Å². The van der Waals surface area contributed by atoms with Crippen LogP contribution in [0.3, 0.4) is 0 Å². The van der Waals surface area contributed by atoms with Gasteiger partial charge in [-0.05, 0) is 115 Å². The van der Waals surface area contributed by atoms with Crippen molar-refractivity contribution in [3.63, 3.8) is 0 Å². The van der Waals surface area contributed by atoms with Crippen LogP contribution in [0.15, 0.2) is 59.8 Å². The average molecular weight is 710 g/mol. The molecule has 11 heteroatoms. The van der Waals surface area contributed by atoms with E-state index in [0.717, 1.165) is 73.3 Å². The van der Waals surface area contributed by atoms with E-state index < -0.39 is 11.7 Å². The molecule has 1 amide bonds. The van der Waals surface area contributed by atoms with Gasteiger partial charge in [0.1, 0.15) is 11.4 Å². The Morgan fingerprint density at radius 3 is 2.54 bits per heavy atom. The van der Waals surface area contributed by atoms with Gasteiger partial charge in [-0.25, -0.2) is 9.18 Å². The van der Waals surface area contributed by atoms with Crippen molar-refractivity contribution in [2.24, 2.45) is 5.92 Å². The van der Waals surface area contributed by atoms with E-state index in [9.17, 15) is 9.59 Å². The Balaban J connectivity index is 1.16. The predicted molar refractivity (Wildman–Crippen MR) is 203 cm³/mol. The third-order valence-corrected chi connectivity index (χ3v) is 10.6. The van der Waals surface area contributed by atoms with Gasteiger partial charge in [-0.2, -0.15) is 0 Å². The van der Waals surface area contributed by atoms with Crippen molar-refractivity contribution < 1.29 is 13.9 Å². The van der Waals surface area contributed by atoms with Gasteiger partial charge in [0.05, 0.1) is 23.1 Å². The molecule has 0 spiro atoms. The molecule has 10 nitrogen and oxygen atoms in total. The zero-order valence-corrected chi connectivity index (χ0v) is 31.2. The van der Waals surface area contributed by atoms with Gasteiger partial charge >= 0.3 is 6.09 Å². The third kappa shape index (κ3) is 8.41. The van der Waals surface area contributed by atoms with Crippen molar-refractivity contribution in [3.05, 3.63) is 93.5 Å². The van der Waals surface area contributed by atoms with Crippen LogP contribution in [0.1, 0.15) is 81.4 Å². The molecule has 1 aliphatic carbocycles. The molecule has 3 aliphatic rings. The van der Waals surface area contributed by atoms with Crippen LogP contribution >= 0.6 is 0 Å². The number of hydrogen-bond donors (Lipinski definition) is 1. The average Bonchev–Trinajstić information content (AvgIpc) is 3.84. The molecule has 2 atom stereocenters. The molecule has 0 bridgehead atoms. The number of piperidine rings is 1. The number of halogens is 1. The molecule has 2 saturated heterocycles. The maximum atomic E-state index is 16.1. The lowest BCUT2D eigenvalue weighted by molar-refractivity contribution is 0.0520. The first kappa shape index (κ1) is 35.9. The highest BCUT2D eigenvalue weighted by Gasteiger charge is 2.31. The van der Waals surface area contributed by atoms with Crippen molar-refractivity contribution in [1.29, 1.82) is 0 Å². The Hall–Kier alpha value is -4.51. The molecule has 7 rings (SSSR count). The van der Waals surface area contributed by atoms with Crippen molar-refractivity contribution in [3.8, 4) is 0 Å². The summed E-state index contributed by atoms with van der Waals surface area (Å²) in [7, 11) is 0. The summed E-state index contributed by atoms with van der Waals surface area (Å²) < 4.78 is 23.7. The third-order valence-electron chi connectivity index (χ3n) is 10.6. The number of carbonyl (C=O) groups excluding carboxylic acids is 1. The molecule has 0 radical (unpaired) electrons. The zero-order valence-electron chi connectivity index (χ0n) is 31.2. The Morgan fingerprint density at radius 2 is 1.81 bits per heavy atom. The van der Waals surface area contributed by atoms with Gasteiger partial charge in [-0.15, -0.1) is 0 Å². The Kier molecular flexibility index (Phi) is 10.2. The first-order chi connectivity index (χ1) is 24.9. The summed E-state index contributed by atoms with van der Waals surface area (Å²) in [5.74, 6) is -0.215. The summed E-state index contributed by atoms with van der Waals surface area (Å²) in [6.45, 7) is 14.2. The summed E-state index contributed by atoms with van der Waals surface area (Å²) in [5, 5.41) is 3.31. The molecule has 1 aromatic carbocycles. The van der Waals surface area contributed by atoms with E-state index in [-0.39, 0.29) is 23.2 Å². The monoisotopic (exact) mass is 709 g/mol. The number of amides is 1. The number of anilines is 2. The van der Waals surface area contributed by atoms with Crippen molar-refractivity contribution in [1.82, 2.24) is 24.8 Å². The summed E-state index contributed by atoms with van der Waals surface area (Å²) >= 11 is 0. The SMILES string of the molecule is Cc1ccc(N2CCC[C@H](N(Cc3ccnc(C)c3)Cc3cn(C4CC4)c4cc(N5CC[C@@H](CNC(=O)OC(C)(C)C)C5)c(F)cc4c3=O)C2)cn1. The molecule has 1 N–H and O–H groups in total. The van der Waals surface area contributed by atoms with Crippen molar-refractivity contribution in [2.45, 2.75) is 97.5 Å². The molecule has 1 saturated carbocycles. The number of hydrogen-bond acceptors (Lipinski definition) is 8. The highest BCUT2D eigenvalue weighted by Crippen LogP contribution is 2.39. The maximum Gasteiger partial charge on any atom is 0.407 e. The maximum absolute atomic E-state index is 16.1. The molecule has 3 aromatic heterocycles. The van der Waals surface area contributed by atoms with E-state index in [4.69, 9.17) is 4.74 Å². The first-order valence-corrected chi connectivity index (χ1v) is 18.8. The van der Waals surface area contributed by atoms with Crippen LogP contribution in [0.2, 0.25) is 0 Å². The normalized spacial score (nSPS) is 19.4. The van der Waals surface area contributed by atoms with Gasteiger partial charge in [-0.3, -0.25) is 19.7 Å². The predicted octanol–water partition coefficient (Wildman–Crippen LogP) is 6.90. The lowest BCUT2D eigenvalue weighted by Crippen LogP contribution is -2.48. The summed E-state index contributed by atoms with van der Waals surface area (Å²) in [6.07, 6.45) is 10.4. The van der Waals surface area contributed by atoms with Crippen LogP contribution < -0.4 is 20.5 Å². The van der Waals surface area contributed by atoms with Gasteiger partial charge in [-0.1, -0.05) is 0 Å². The van der Waals surface area contributed by atoms with Crippen LogP contribution in [0, 0.1) is 25.6 Å². The van der Waals surface area contributed by atoms with E-state index in [1.807, 2.05) is 58.0 Å². The number of alkyl carbamates (subject to hydrolysis) is 1. The Bertz CT molecular complexity index is 1970. The number of nitrogens with one attached hydrogen (secondary N) is 1. The molecule has 0 unspecified atom stereocenters. The number of ether oxygens (including phenoxy) is 1. The van der Waals surface area contributed by atoms with Crippen molar-refractivity contribution >= 4 is 28.4 Å². The van der Waals surface area contributed by atoms with Gasteiger partial charge in [0.15, 0.2) is 5.43 Å². The number of aryl methyl sites for hydroxylation is 2. The largest absolute Gasteiger partial charge is 0.444 e. The number of carbonyl (C=O) groups is 1. The van der Waals surface area contributed by atoms with Crippen LogP contribution in [0.5, 0.6) is 0 Å². The molecule has 4 aromatic rings. The molecule has 52 heavy (non-hydrogen) atoms. The number of pyridine rings is 3. The van der Waals surface area contributed by atoms with Crippen LogP contribution in [0.4, 0.5) is 20.6 Å². The van der Waals surface area contributed by atoms with Gasteiger partial charge in [0.25, 0.3) is 0 Å². The second-order valence-corrected chi connectivity index (χ2v) is 16.0. The van der Waals surface area contributed by atoms with E-state index >= 15 is 4.39 Å². The van der Waals surface area contributed by atoms with Gasteiger partial charge < -0.3 is 24.4 Å². The number of benzene rings is 1. The quantitative estimate of drug-likeness (QED) is 0.190. The minimum atomic E-state index is -0.565. The van der Waals surface area contributed by atoms with E-state index in [0.29, 0.717) is 55.4 Å². The topological polar surface area (TPSA) is 95.8 Å². The summed E-state index contributed by atoms with van der Waals surface area (Å²) in [6, 6.07) is 12.2. The van der Waals surface area contributed by atoms with Crippen LogP contribution in [-0.4, -0.2) is 69.9 Å². The molecule has 2 aliphatic heterocycles. The van der Waals surface area contributed by atoms with Crippen LogP contribution in [-0.2, 0) is 17.8 Å². The van der Waals surface area contributed by atoms with Gasteiger partial charge in [0.2, 0.25) is 0 Å². The molecule has 276 valence electrons. The second kappa shape index (κ2) is 14.8. The fourth-order valence-electron chi connectivity index (χ4n) is 7.79. The molecular formula is C41H52FN7O3. The first-order valence-electron chi connectivity index (χ1n) is 18.8. The smallest absolute Gasteiger partial charge is 0.407 e. The number of fused-ring (bicyclic) bond motifs is 1. The highest BCUT2D eigenvalue weighted by atomic mass is 19.1. The second-order valence-electron chi connectivity index (χ2n) is 16.0. The van der Waals surface area contributed by atoms with Gasteiger partial charge in [0, 0.05) is 92.6 Å². The molecular weight excluding hydrogens is 657 g/mol. The number of aromatic nitrogens is 3. The number of nitrogens with zero attached hydrogens (tertiary/aromatic N) is 6. The lowest BCUT2D eigenvalue weighted by Gasteiger charge is -2.40. The highest BCUT2D eigenvalue weighted by molar-refractivity contribution is 5.84. The Labute approximate surface area is 306 Å². The molecule has 3 fully saturated rings. The fourth-order valence-corrected chi connectivity index (χ4v) is 7.79. The summed E-state index contributed by atoms with van der Waals surface area (Å²) in [5.41, 5.74) is 5.56. The standard InChI is InChI=1S/C41H52FN7O3/c1-27-8-9-33(21-44-27)46-15-6-7-34(26-46)48(22-29-12-14-43-28(2)17-29)24-31-25-49(32-10-11-32)37-19-38(36(42)18-35(37)39(31)50)47-16-13-30(23-47)20-45-40(51)52-41(3,4)5/h8-9,12,14,17-19,21,25,30,32,34H,6-7,10-11,13,15-16,20,22-24,26H2,1-5H3,(H,45,51)/t30-,34-/m0/s1. The van der Waals surface area contributed by atoms with Crippen molar-refractivity contribution in [2.75, 3.05) is 42.5 Å². The minimum Gasteiger partial charge on any atom is -0.444 e. The van der Waals surface area contributed by atoms with Crippen LogP contribution in [0.25, 0.3) is 10.9 Å². The molecule has 5 heterocycles. The van der Waals surface area contributed by atoms with E-state index in [1.54, 1.807) is 0 Å². The fraction of sp³-hybridized carbons (Fsp3) is 0.512. The van der Waals surface area contributed by atoms with E-state index in [1.165, 1.54) is 6.07 Å². The zero-order chi connectivity index (χ0) is 36.6. The lowest BCUT2D eigenvalue weighted by atomic mass is 10.0. The minimum absolute atomic E-state index is 0.107. The number of rotatable bonds is 10.